The molecule has 158 valence electrons. The number of rotatable bonds is 6. The van der Waals surface area contributed by atoms with Gasteiger partial charge >= 0.3 is 0 Å². The average Bonchev–Trinajstić information content (AvgIpc) is 3.11. The molecule has 0 atom stereocenters. The van der Waals surface area contributed by atoms with Gasteiger partial charge in [0.2, 0.25) is 0 Å². The Morgan fingerprint density at radius 3 is 2.58 bits per heavy atom. The van der Waals surface area contributed by atoms with Gasteiger partial charge in [0, 0.05) is 7.05 Å². The lowest BCUT2D eigenvalue weighted by atomic mass is 10.2. The van der Waals surface area contributed by atoms with Crippen LogP contribution in [0.25, 0.3) is 17.3 Å². The fourth-order valence-corrected chi connectivity index (χ4v) is 4.08. The summed E-state index contributed by atoms with van der Waals surface area (Å²) in [5, 5.41) is 12.1. The molecule has 3 aromatic rings. The van der Waals surface area contributed by atoms with Gasteiger partial charge in [0.15, 0.2) is 17.1 Å². The summed E-state index contributed by atoms with van der Waals surface area (Å²) >= 11 is 1.08. The van der Waals surface area contributed by atoms with Crippen LogP contribution in [0.5, 0.6) is 11.5 Å². The molecule has 31 heavy (non-hydrogen) atoms. The lowest BCUT2D eigenvalue weighted by Gasteiger charge is -2.09. The number of aromatic nitrogens is 1. The molecule has 0 fully saturated rings. The van der Waals surface area contributed by atoms with E-state index in [1.807, 2.05) is 25.1 Å². The summed E-state index contributed by atoms with van der Waals surface area (Å²) in [6.45, 7) is 2.39. The minimum Gasteiger partial charge on any atom is -0.493 e. The normalized spacial score (nSPS) is 12.1. The van der Waals surface area contributed by atoms with E-state index in [1.165, 1.54) is 11.6 Å². The third-order valence-corrected chi connectivity index (χ3v) is 5.50. The van der Waals surface area contributed by atoms with Gasteiger partial charge in [-0.05, 0) is 42.8 Å². The summed E-state index contributed by atoms with van der Waals surface area (Å²) in [6, 6.07) is 16.2. The Kier molecular flexibility index (Phi) is 6.90. The van der Waals surface area contributed by atoms with Crippen LogP contribution in [0.4, 0.5) is 0 Å². The van der Waals surface area contributed by atoms with Crippen molar-refractivity contribution in [2.24, 2.45) is 0 Å². The molecule has 0 aliphatic carbocycles. The van der Waals surface area contributed by atoms with Gasteiger partial charge in [-0.3, -0.25) is 14.2 Å². The average molecular weight is 436 g/mol. The molecular weight excluding hydrogens is 414 g/mol. The number of nitrogens with one attached hydrogen (secondary N) is 1. The zero-order valence-corrected chi connectivity index (χ0v) is 18.2. The van der Waals surface area contributed by atoms with Crippen molar-refractivity contribution in [1.29, 1.82) is 5.26 Å². The number of amides is 1. The van der Waals surface area contributed by atoms with Gasteiger partial charge in [-0.25, -0.2) is 0 Å². The van der Waals surface area contributed by atoms with Gasteiger partial charge in [0.05, 0.1) is 23.9 Å². The molecule has 1 amide bonds. The summed E-state index contributed by atoms with van der Waals surface area (Å²) < 4.78 is 12.9. The van der Waals surface area contributed by atoms with Gasteiger partial charge in [-0.2, -0.15) is 5.26 Å². The fraction of sp³-hybridized carbons (Fsp3) is 0.174. The van der Waals surface area contributed by atoms with E-state index in [0.29, 0.717) is 28.3 Å². The number of carbonyl (C=O) groups excluding carboxylic acids is 1. The standard InChI is InChI=1S/C23H21N3O4S/c1-4-30-18-11-10-15(12-19(18)29-3)13-20-22(28)26(16-8-6-5-7-9-16)23(31-20)17(14-24)21(27)25-2/h5-13H,4H2,1-3H3,(H,25,27). The van der Waals surface area contributed by atoms with E-state index in [2.05, 4.69) is 5.32 Å². The molecule has 0 unspecified atom stereocenters. The minimum absolute atomic E-state index is 0.127. The predicted molar refractivity (Wildman–Crippen MR) is 120 cm³/mol. The Bertz CT molecular complexity index is 1320. The molecule has 0 aliphatic heterocycles. The first-order chi connectivity index (χ1) is 15.0. The highest BCUT2D eigenvalue weighted by Crippen LogP contribution is 2.28. The van der Waals surface area contributed by atoms with Crippen molar-refractivity contribution >= 4 is 28.9 Å². The first kappa shape index (κ1) is 21.9. The summed E-state index contributed by atoms with van der Waals surface area (Å²) in [5.41, 5.74) is 0.844. The largest absolute Gasteiger partial charge is 0.493 e. The van der Waals surface area contributed by atoms with Crippen LogP contribution < -0.4 is 29.5 Å². The molecule has 0 aliphatic rings. The van der Waals surface area contributed by atoms with Gasteiger partial charge in [-0.1, -0.05) is 24.3 Å². The zero-order valence-electron chi connectivity index (χ0n) is 17.3. The number of thiazole rings is 1. The van der Waals surface area contributed by atoms with Crippen molar-refractivity contribution in [3.8, 4) is 23.3 Å². The van der Waals surface area contributed by atoms with Crippen LogP contribution in [-0.4, -0.2) is 31.2 Å². The van der Waals surface area contributed by atoms with Crippen LogP contribution >= 0.6 is 11.3 Å². The highest BCUT2D eigenvalue weighted by molar-refractivity contribution is 7.07. The number of nitrogens with zero attached hydrogens (tertiary/aromatic N) is 2. The van der Waals surface area contributed by atoms with E-state index < -0.39 is 5.91 Å². The maximum atomic E-state index is 13.3. The van der Waals surface area contributed by atoms with Crippen LogP contribution in [0.1, 0.15) is 12.5 Å². The Balaban J connectivity index is 2.32. The van der Waals surface area contributed by atoms with Crippen LogP contribution in [0, 0.1) is 11.3 Å². The number of para-hydroxylation sites is 1. The monoisotopic (exact) mass is 435 g/mol. The minimum atomic E-state index is -0.553. The zero-order chi connectivity index (χ0) is 22.4. The Morgan fingerprint density at radius 1 is 1.23 bits per heavy atom. The topological polar surface area (TPSA) is 93.4 Å². The molecule has 3 rings (SSSR count). The summed E-state index contributed by atoms with van der Waals surface area (Å²) in [6.07, 6.45) is 1.70. The second-order valence-corrected chi connectivity index (χ2v) is 7.33. The molecule has 0 bridgehead atoms. The van der Waals surface area contributed by atoms with Gasteiger partial charge in [0.1, 0.15) is 10.7 Å². The highest BCUT2D eigenvalue weighted by Gasteiger charge is 2.16. The Labute approximate surface area is 183 Å². The van der Waals surface area contributed by atoms with Crippen molar-refractivity contribution in [2.75, 3.05) is 20.8 Å². The SMILES string of the molecule is CCOc1ccc(C=c2sc(=C(C#N)C(=O)NC)n(-c3ccccc3)c2=O)cc1OC. The lowest BCUT2D eigenvalue weighted by Crippen LogP contribution is -2.33. The van der Waals surface area contributed by atoms with Crippen molar-refractivity contribution in [2.45, 2.75) is 6.92 Å². The van der Waals surface area contributed by atoms with Crippen LogP contribution in [0.2, 0.25) is 0 Å². The van der Waals surface area contributed by atoms with E-state index in [4.69, 9.17) is 9.47 Å². The van der Waals surface area contributed by atoms with E-state index in [9.17, 15) is 14.9 Å². The van der Waals surface area contributed by atoms with Crippen molar-refractivity contribution in [1.82, 2.24) is 9.88 Å². The van der Waals surface area contributed by atoms with Crippen molar-refractivity contribution in [3.05, 3.63) is 73.6 Å². The molecule has 1 heterocycles. The lowest BCUT2D eigenvalue weighted by molar-refractivity contribution is -0.115. The number of hydrogen-bond acceptors (Lipinski definition) is 6. The third kappa shape index (κ3) is 4.52. The second kappa shape index (κ2) is 9.78. The number of methoxy groups -OCH3 is 1. The molecule has 0 spiro atoms. The third-order valence-electron chi connectivity index (χ3n) is 4.40. The quantitative estimate of drug-likeness (QED) is 0.634. The number of ether oxygens (including phenoxy) is 2. The predicted octanol–water partition coefficient (Wildman–Crippen LogP) is 1.56. The Morgan fingerprint density at radius 2 is 1.97 bits per heavy atom. The van der Waals surface area contributed by atoms with Gasteiger partial charge < -0.3 is 14.8 Å². The summed E-state index contributed by atoms with van der Waals surface area (Å²) in [4.78, 5) is 25.5. The maximum absolute atomic E-state index is 13.3. The molecule has 0 saturated heterocycles. The van der Waals surface area contributed by atoms with E-state index in [0.717, 1.165) is 16.9 Å². The smallest absolute Gasteiger partial charge is 0.273 e. The van der Waals surface area contributed by atoms with E-state index in [1.54, 1.807) is 49.6 Å². The van der Waals surface area contributed by atoms with Crippen molar-refractivity contribution in [3.63, 3.8) is 0 Å². The Hall–Kier alpha value is -3.83. The number of hydrogen-bond donors (Lipinski definition) is 1. The molecule has 1 aromatic heterocycles. The van der Waals surface area contributed by atoms with Gasteiger partial charge in [-0.15, -0.1) is 11.3 Å². The van der Waals surface area contributed by atoms with Crippen molar-refractivity contribution < 1.29 is 14.3 Å². The summed E-state index contributed by atoms with van der Waals surface area (Å²) in [5.74, 6) is 0.601. The fourth-order valence-electron chi connectivity index (χ4n) is 2.98. The first-order valence-corrected chi connectivity index (χ1v) is 10.3. The second-order valence-electron chi connectivity index (χ2n) is 6.30. The molecule has 0 radical (unpaired) electrons. The maximum Gasteiger partial charge on any atom is 0.273 e. The number of benzene rings is 2. The molecule has 0 saturated carbocycles. The molecule has 8 heteroatoms. The summed E-state index contributed by atoms with van der Waals surface area (Å²) in [7, 11) is 2.99. The number of nitriles is 1. The van der Waals surface area contributed by atoms with Gasteiger partial charge in [0.25, 0.3) is 11.5 Å². The molecule has 1 N–H and O–H groups in total. The molecular formula is C23H21N3O4S. The van der Waals surface area contributed by atoms with Crippen LogP contribution in [0.15, 0.2) is 53.3 Å². The van der Waals surface area contributed by atoms with E-state index in [-0.39, 0.29) is 15.8 Å². The van der Waals surface area contributed by atoms with E-state index >= 15 is 0 Å². The highest BCUT2D eigenvalue weighted by atomic mass is 32.1. The van der Waals surface area contributed by atoms with Crippen LogP contribution in [-0.2, 0) is 4.79 Å². The molecule has 2 aromatic carbocycles. The van der Waals surface area contributed by atoms with Crippen LogP contribution in [0.3, 0.4) is 0 Å². The first-order valence-electron chi connectivity index (χ1n) is 9.50. The molecule has 7 nitrogen and oxygen atoms in total. The number of carbonyl (C=O) groups is 1.